The molecule has 3 N–H and O–H groups in total. The number of nitrogens with two attached hydrogens (primary N) is 1. The largest absolute Gasteiger partial charge is 0.494 e. The van der Waals surface area contributed by atoms with Gasteiger partial charge in [0, 0.05) is 5.69 Å². The number of allylic oxidation sites excluding steroid dienone is 1. The monoisotopic (exact) mass is 552 g/mol. The fourth-order valence-electron chi connectivity index (χ4n) is 4.62. The second kappa shape index (κ2) is 12.5. The van der Waals surface area contributed by atoms with Gasteiger partial charge < -0.3 is 25.3 Å². The summed E-state index contributed by atoms with van der Waals surface area (Å²) in [5.41, 5.74) is 7.45. The van der Waals surface area contributed by atoms with Gasteiger partial charge in [-0.2, -0.15) is 5.26 Å². The number of nitrogens with one attached hydrogen (secondary N) is 1. The van der Waals surface area contributed by atoms with Gasteiger partial charge in [-0.15, -0.1) is 0 Å². The fraction of sp³-hybridized carbons (Fsp3) is 0.161. The molecule has 10 nitrogen and oxygen atoms in total. The van der Waals surface area contributed by atoms with Gasteiger partial charge in [0.25, 0.3) is 5.91 Å². The first-order valence-electron chi connectivity index (χ1n) is 12.6. The molecule has 41 heavy (non-hydrogen) atoms. The van der Waals surface area contributed by atoms with Gasteiger partial charge in [-0.05, 0) is 48.9 Å². The van der Waals surface area contributed by atoms with Crippen molar-refractivity contribution in [3.63, 3.8) is 0 Å². The number of benzene rings is 3. The molecule has 0 radical (unpaired) electrons. The zero-order chi connectivity index (χ0) is 29.5. The van der Waals surface area contributed by atoms with E-state index in [-0.39, 0.29) is 33.9 Å². The van der Waals surface area contributed by atoms with Crippen molar-refractivity contribution in [2.45, 2.75) is 12.8 Å². The Balaban J connectivity index is 1.90. The highest BCUT2D eigenvalue weighted by Gasteiger charge is 2.43. The quantitative estimate of drug-likeness (QED) is 0.392. The van der Waals surface area contributed by atoms with E-state index in [0.717, 1.165) is 7.11 Å². The van der Waals surface area contributed by atoms with Gasteiger partial charge in [-0.3, -0.25) is 9.69 Å². The Labute approximate surface area is 237 Å². The molecule has 1 unspecified atom stereocenters. The summed E-state index contributed by atoms with van der Waals surface area (Å²) in [6.07, 6.45) is 0. The van der Waals surface area contributed by atoms with Crippen LogP contribution >= 0.6 is 0 Å². The van der Waals surface area contributed by atoms with Crippen molar-refractivity contribution in [2.24, 2.45) is 5.73 Å². The lowest BCUT2D eigenvalue weighted by atomic mass is 9.80. The van der Waals surface area contributed by atoms with Crippen LogP contribution in [0.4, 0.5) is 11.4 Å². The smallest absolute Gasteiger partial charge is 0.355 e. The maximum Gasteiger partial charge on any atom is 0.355 e. The van der Waals surface area contributed by atoms with Crippen LogP contribution in [0, 0.1) is 11.3 Å². The Kier molecular flexibility index (Phi) is 8.69. The molecule has 0 saturated carbocycles. The van der Waals surface area contributed by atoms with Gasteiger partial charge in [-0.1, -0.05) is 42.5 Å². The lowest BCUT2D eigenvalue weighted by Crippen LogP contribution is -2.41. The summed E-state index contributed by atoms with van der Waals surface area (Å²) in [6, 6.07) is 24.0. The Morgan fingerprint density at radius 1 is 0.927 bits per heavy atom. The number of carbonyl (C=O) groups excluding carboxylic acids is 3. The predicted octanol–water partition coefficient (Wildman–Crippen LogP) is 4.24. The number of amides is 1. The number of methoxy groups -OCH3 is 2. The number of esters is 2. The minimum absolute atomic E-state index is 0.00835. The molecule has 208 valence electrons. The second-order valence-corrected chi connectivity index (χ2v) is 8.76. The van der Waals surface area contributed by atoms with E-state index >= 15 is 0 Å². The van der Waals surface area contributed by atoms with Crippen molar-refractivity contribution in [3.05, 3.63) is 113 Å². The first-order chi connectivity index (χ1) is 19.9. The molecule has 1 heterocycles. The van der Waals surface area contributed by atoms with E-state index in [9.17, 15) is 19.6 Å². The average molecular weight is 553 g/mol. The van der Waals surface area contributed by atoms with Crippen LogP contribution in [-0.2, 0) is 19.1 Å². The third kappa shape index (κ3) is 5.60. The van der Waals surface area contributed by atoms with Crippen molar-refractivity contribution in [2.75, 3.05) is 31.0 Å². The number of ether oxygens (including phenoxy) is 3. The third-order valence-electron chi connectivity index (χ3n) is 6.42. The standard InChI is InChI=1S/C31H28N4O6/c1-4-41-21-16-14-20(15-17-21)34-29(36)22-12-8-9-13-24(22)35-27(31(38)40-3)26(30(37)39-2)25(23(18-32)28(35)33)19-10-6-5-7-11-19/h5-17,25H,4,33H2,1-3H3,(H,34,36). The molecule has 0 saturated heterocycles. The van der Waals surface area contributed by atoms with Crippen molar-refractivity contribution >= 4 is 29.2 Å². The summed E-state index contributed by atoms with van der Waals surface area (Å²) in [5, 5.41) is 13.1. The molecule has 1 aliphatic heterocycles. The molecule has 10 heteroatoms. The maximum atomic E-state index is 13.5. The highest BCUT2D eigenvalue weighted by atomic mass is 16.5. The third-order valence-corrected chi connectivity index (χ3v) is 6.42. The van der Waals surface area contributed by atoms with Crippen LogP contribution in [0.2, 0.25) is 0 Å². The SMILES string of the molecule is CCOc1ccc(NC(=O)c2ccccc2N2C(N)=C(C#N)C(c3ccccc3)C(C(=O)OC)=C2C(=O)OC)cc1. The van der Waals surface area contributed by atoms with E-state index < -0.39 is 23.8 Å². The molecule has 1 atom stereocenters. The number of anilines is 2. The highest BCUT2D eigenvalue weighted by Crippen LogP contribution is 2.44. The maximum absolute atomic E-state index is 13.5. The molecule has 3 aromatic rings. The lowest BCUT2D eigenvalue weighted by Gasteiger charge is -2.36. The molecule has 3 aromatic carbocycles. The summed E-state index contributed by atoms with van der Waals surface area (Å²) < 4.78 is 15.6. The van der Waals surface area contributed by atoms with E-state index in [4.69, 9.17) is 19.9 Å². The number of carbonyl (C=O) groups is 3. The summed E-state index contributed by atoms with van der Waals surface area (Å²) in [6.45, 7) is 2.37. The van der Waals surface area contributed by atoms with E-state index in [0.29, 0.717) is 23.6 Å². The average Bonchev–Trinajstić information content (AvgIpc) is 3.01. The van der Waals surface area contributed by atoms with Gasteiger partial charge in [-0.25, -0.2) is 9.59 Å². The van der Waals surface area contributed by atoms with E-state index in [1.165, 1.54) is 18.1 Å². The second-order valence-electron chi connectivity index (χ2n) is 8.76. The van der Waals surface area contributed by atoms with E-state index in [1.54, 1.807) is 72.8 Å². The molecule has 0 fully saturated rings. The minimum atomic E-state index is -1.02. The number of nitriles is 1. The van der Waals surface area contributed by atoms with Gasteiger partial charge in [0.2, 0.25) is 0 Å². The molecule has 1 aliphatic rings. The predicted molar refractivity (Wildman–Crippen MR) is 152 cm³/mol. The summed E-state index contributed by atoms with van der Waals surface area (Å²) >= 11 is 0. The molecule has 4 rings (SSSR count). The Morgan fingerprint density at radius 2 is 1.56 bits per heavy atom. The topological polar surface area (TPSA) is 144 Å². The number of hydrogen-bond donors (Lipinski definition) is 2. The Morgan fingerprint density at radius 3 is 2.17 bits per heavy atom. The highest BCUT2D eigenvalue weighted by molar-refractivity contribution is 6.11. The molecule has 0 aliphatic carbocycles. The minimum Gasteiger partial charge on any atom is -0.494 e. The van der Waals surface area contributed by atoms with Gasteiger partial charge in [0.05, 0.1) is 55.2 Å². The van der Waals surface area contributed by atoms with Crippen LogP contribution in [0.15, 0.2) is 102 Å². The van der Waals surface area contributed by atoms with Crippen molar-refractivity contribution < 1.29 is 28.6 Å². The van der Waals surface area contributed by atoms with Gasteiger partial charge >= 0.3 is 11.9 Å². The van der Waals surface area contributed by atoms with Crippen molar-refractivity contribution in [3.8, 4) is 11.8 Å². The molecule has 0 spiro atoms. The number of hydrogen-bond acceptors (Lipinski definition) is 9. The molecule has 1 amide bonds. The summed E-state index contributed by atoms with van der Waals surface area (Å²) in [7, 11) is 2.33. The molecule has 0 bridgehead atoms. The van der Waals surface area contributed by atoms with E-state index in [1.807, 2.05) is 6.92 Å². The molecular formula is C31H28N4O6. The van der Waals surface area contributed by atoms with Crippen LogP contribution in [0.25, 0.3) is 0 Å². The van der Waals surface area contributed by atoms with Gasteiger partial charge in [0.15, 0.2) is 0 Å². The van der Waals surface area contributed by atoms with E-state index in [2.05, 4.69) is 11.4 Å². The van der Waals surface area contributed by atoms with Crippen molar-refractivity contribution in [1.29, 1.82) is 5.26 Å². The van der Waals surface area contributed by atoms with Crippen LogP contribution in [0.5, 0.6) is 5.75 Å². The number of para-hydroxylation sites is 1. The van der Waals surface area contributed by atoms with Crippen molar-refractivity contribution in [1.82, 2.24) is 0 Å². The Hall–Kier alpha value is -5.56. The lowest BCUT2D eigenvalue weighted by molar-refractivity contribution is -0.139. The normalized spacial score (nSPS) is 14.7. The number of rotatable bonds is 8. The van der Waals surface area contributed by atoms with Crippen LogP contribution in [0.1, 0.15) is 28.8 Å². The fourth-order valence-corrected chi connectivity index (χ4v) is 4.62. The molecule has 0 aromatic heterocycles. The van der Waals surface area contributed by atoms with Crippen LogP contribution in [-0.4, -0.2) is 38.7 Å². The Bertz CT molecular complexity index is 1570. The van der Waals surface area contributed by atoms with Gasteiger partial charge in [0.1, 0.15) is 17.3 Å². The van der Waals surface area contributed by atoms with Crippen LogP contribution < -0.4 is 20.7 Å². The number of nitrogens with zero attached hydrogens (tertiary/aromatic N) is 2. The molecular weight excluding hydrogens is 524 g/mol. The zero-order valence-corrected chi connectivity index (χ0v) is 22.7. The zero-order valence-electron chi connectivity index (χ0n) is 22.7. The first kappa shape index (κ1) is 28.4. The van der Waals surface area contributed by atoms with Crippen LogP contribution in [0.3, 0.4) is 0 Å². The first-order valence-corrected chi connectivity index (χ1v) is 12.6. The summed E-state index contributed by atoms with van der Waals surface area (Å²) in [5.74, 6) is -2.81. The summed E-state index contributed by atoms with van der Waals surface area (Å²) in [4.78, 5) is 41.4.